The Morgan fingerprint density at radius 2 is 1.62 bits per heavy atom. The summed E-state index contributed by atoms with van der Waals surface area (Å²) in [6.45, 7) is 5.77. The Morgan fingerprint density at radius 1 is 0.938 bits per heavy atom. The fourth-order valence-electron chi connectivity index (χ4n) is 3.11. The lowest BCUT2D eigenvalue weighted by Gasteiger charge is -2.18. The molecule has 0 radical (unpaired) electrons. The number of pyridine rings is 1. The van der Waals surface area contributed by atoms with Crippen LogP contribution in [0.2, 0.25) is 0 Å². The summed E-state index contributed by atoms with van der Waals surface area (Å²) in [5.41, 5.74) is 1.54. The fourth-order valence-corrected chi connectivity index (χ4v) is 3.11. The molecule has 2 N–H and O–H groups in total. The van der Waals surface area contributed by atoms with Crippen LogP contribution in [-0.4, -0.2) is 34.2 Å². The lowest BCUT2D eigenvalue weighted by Crippen LogP contribution is -2.17. The summed E-state index contributed by atoms with van der Waals surface area (Å²) in [4.78, 5) is 27.8. The van der Waals surface area contributed by atoms with Gasteiger partial charge in [0.25, 0.3) is 5.91 Å². The fraction of sp³-hybridized carbons (Fsp3) is 0.240. The molecular weight excluding hydrogens is 408 g/mol. The highest BCUT2D eigenvalue weighted by Gasteiger charge is 2.14. The second kappa shape index (κ2) is 10.4. The topological polar surface area (TPSA) is 97.8 Å². The van der Waals surface area contributed by atoms with E-state index < -0.39 is 11.9 Å². The van der Waals surface area contributed by atoms with E-state index in [1.165, 1.54) is 18.3 Å². The number of ether oxygens (including phenoxy) is 2. The molecule has 0 saturated carbocycles. The first-order valence-corrected chi connectivity index (χ1v) is 10.3. The normalized spacial score (nSPS) is 11.6. The highest BCUT2D eigenvalue weighted by molar-refractivity contribution is 6.04. The van der Waals surface area contributed by atoms with Crippen LogP contribution in [-0.2, 0) is 6.42 Å². The molecule has 1 heterocycles. The van der Waals surface area contributed by atoms with Gasteiger partial charge in [-0.1, -0.05) is 30.3 Å². The minimum Gasteiger partial charge on any atom is -0.491 e. The van der Waals surface area contributed by atoms with E-state index in [1.54, 1.807) is 18.2 Å². The predicted molar refractivity (Wildman–Crippen MR) is 122 cm³/mol. The van der Waals surface area contributed by atoms with Gasteiger partial charge in [0.2, 0.25) is 0 Å². The molecule has 0 aliphatic carbocycles. The molecule has 3 rings (SSSR count). The molecule has 0 saturated heterocycles. The molecular formula is C25H26N2O5. The van der Waals surface area contributed by atoms with Crippen molar-refractivity contribution >= 4 is 17.7 Å². The van der Waals surface area contributed by atoms with Crippen molar-refractivity contribution in [2.75, 3.05) is 5.32 Å². The van der Waals surface area contributed by atoms with E-state index in [-0.39, 0.29) is 23.6 Å². The number of carbonyl (C=O) groups is 2. The number of anilines is 1. The molecule has 3 aromatic rings. The quantitative estimate of drug-likeness (QED) is 0.501. The number of nitrogens with one attached hydrogen (secondary N) is 1. The largest absolute Gasteiger partial charge is 0.491 e. The Bertz CT molecular complexity index is 1070. The van der Waals surface area contributed by atoms with Gasteiger partial charge in [0.05, 0.1) is 17.8 Å². The van der Waals surface area contributed by atoms with E-state index in [2.05, 4.69) is 10.3 Å². The summed E-state index contributed by atoms with van der Waals surface area (Å²) in [6, 6.07) is 17.9. The number of hydrogen-bond donors (Lipinski definition) is 2. The van der Waals surface area contributed by atoms with E-state index in [1.807, 2.05) is 51.1 Å². The first-order valence-electron chi connectivity index (χ1n) is 10.3. The maximum absolute atomic E-state index is 12.8. The average molecular weight is 434 g/mol. The number of aromatic carboxylic acids is 1. The van der Waals surface area contributed by atoms with Crippen LogP contribution in [0.25, 0.3) is 0 Å². The van der Waals surface area contributed by atoms with Crippen molar-refractivity contribution in [3.8, 4) is 11.5 Å². The number of aromatic nitrogens is 1. The third-order valence-electron chi connectivity index (χ3n) is 4.47. The maximum Gasteiger partial charge on any atom is 0.337 e. The van der Waals surface area contributed by atoms with E-state index in [4.69, 9.17) is 14.6 Å². The average Bonchev–Trinajstić information content (AvgIpc) is 2.74. The van der Waals surface area contributed by atoms with Crippen LogP contribution in [0.1, 0.15) is 47.1 Å². The van der Waals surface area contributed by atoms with Gasteiger partial charge in [-0.05, 0) is 50.6 Å². The van der Waals surface area contributed by atoms with Crippen LogP contribution in [0.3, 0.4) is 0 Å². The van der Waals surface area contributed by atoms with Crippen LogP contribution in [0.15, 0.2) is 66.9 Å². The molecule has 1 aromatic heterocycles. The number of rotatable bonds is 9. The standard InChI is InChI=1S/C25H26N2O5/c1-16(2)31-21-12-20(24(28)27-23-10-9-19(15-26-23)25(29)30)13-22(14-21)32-17(3)11-18-7-5-4-6-8-18/h4-10,12-17H,11H2,1-3H3,(H,29,30)(H,26,27,28)/t17-/m0/s1. The first kappa shape index (κ1) is 22.8. The van der Waals surface area contributed by atoms with Gasteiger partial charge in [0.15, 0.2) is 0 Å². The van der Waals surface area contributed by atoms with Gasteiger partial charge in [-0.2, -0.15) is 0 Å². The second-order valence-electron chi connectivity index (χ2n) is 7.67. The number of nitrogens with zero attached hydrogens (tertiary/aromatic N) is 1. The van der Waals surface area contributed by atoms with Gasteiger partial charge in [-0.15, -0.1) is 0 Å². The number of carboxylic acid groups (broad SMARTS) is 1. The SMILES string of the molecule is CC(C)Oc1cc(O[C@@H](C)Cc2ccccc2)cc(C(=O)Nc2ccc(C(=O)O)cn2)c1. The Balaban J connectivity index is 1.77. The van der Waals surface area contributed by atoms with E-state index in [0.29, 0.717) is 17.1 Å². The smallest absolute Gasteiger partial charge is 0.337 e. The number of carboxylic acids is 1. The molecule has 1 atom stereocenters. The van der Waals surface area contributed by atoms with Gasteiger partial charge in [0.1, 0.15) is 17.3 Å². The van der Waals surface area contributed by atoms with E-state index in [9.17, 15) is 9.59 Å². The minimum absolute atomic E-state index is 0.0402. The molecule has 7 nitrogen and oxygen atoms in total. The van der Waals surface area contributed by atoms with Crippen molar-refractivity contribution in [2.45, 2.75) is 39.4 Å². The van der Waals surface area contributed by atoms with Crippen LogP contribution >= 0.6 is 0 Å². The maximum atomic E-state index is 12.8. The lowest BCUT2D eigenvalue weighted by molar-refractivity contribution is 0.0696. The Hall–Kier alpha value is -3.87. The van der Waals surface area contributed by atoms with E-state index >= 15 is 0 Å². The molecule has 7 heteroatoms. The molecule has 0 aliphatic rings. The molecule has 0 aliphatic heterocycles. The van der Waals surface area contributed by atoms with Crippen LogP contribution < -0.4 is 14.8 Å². The van der Waals surface area contributed by atoms with Gasteiger partial charge >= 0.3 is 5.97 Å². The minimum atomic E-state index is -1.08. The highest BCUT2D eigenvalue weighted by atomic mass is 16.5. The van der Waals surface area contributed by atoms with Gasteiger partial charge in [-0.3, -0.25) is 4.79 Å². The molecule has 2 aromatic carbocycles. The zero-order valence-corrected chi connectivity index (χ0v) is 18.2. The van der Waals surface area contributed by atoms with Crippen molar-refractivity contribution < 1.29 is 24.2 Å². The summed E-state index contributed by atoms with van der Waals surface area (Å²) in [5.74, 6) is -0.208. The number of amides is 1. The van der Waals surface area contributed by atoms with Crippen molar-refractivity contribution in [1.82, 2.24) is 4.98 Å². The Labute approximate surface area is 187 Å². The van der Waals surface area contributed by atoms with Crippen molar-refractivity contribution in [3.63, 3.8) is 0 Å². The third-order valence-corrected chi connectivity index (χ3v) is 4.47. The molecule has 0 fully saturated rings. The van der Waals surface area contributed by atoms with Crippen molar-refractivity contribution in [2.24, 2.45) is 0 Å². The van der Waals surface area contributed by atoms with Gasteiger partial charge < -0.3 is 19.9 Å². The molecule has 0 spiro atoms. The van der Waals surface area contributed by atoms with E-state index in [0.717, 1.165) is 12.0 Å². The number of hydrogen-bond acceptors (Lipinski definition) is 5. The number of carbonyl (C=O) groups excluding carboxylic acids is 1. The molecule has 166 valence electrons. The summed E-state index contributed by atoms with van der Waals surface area (Å²) in [6.07, 6.45) is 1.72. The van der Waals surface area contributed by atoms with Crippen molar-refractivity contribution in [1.29, 1.82) is 0 Å². The summed E-state index contributed by atoms with van der Waals surface area (Å²) in [7, 11) is 0. The van der Waals surface area contributed by atoms with Crippen LogP contribution in [0.4, 0.5) is 5.82 Å². The summed E-state index contributed by atoms with van der Waals surface area (Å²) >= 11 is 0. The first-order chi connectivity index (χ1) is 15.3. The summed E-state index contributed by atoms with van der Waals surface area (Å²) in [5, 5.41) is 11.6. The highest BCUT2D eigenvalue weighted by Crippen LogP contribution is 2.26. The van der Waals surface area contributed by atoms with Crippen LogP contribution in [0.5, 0.6) is 11.5 Å². The zero-order chi connectivity index (χ0) is 23.1. The predicted octanol–water partition coefficient (Wildman–Crippen LogP) is 4.83. The zero-order valence-electron chi connectivity index (χ0n) is 18.2. The third kappa shape index (κ3) is 6.57. The Kier molecular flexibility index (Phi) is 7.44. The van der Waals surface area contributed by atoms with Crippen molar-refractivity contribution in [3.05, 3.63) is 83.6 Å². The molecule has 32 heavy (non-hydrogen) atoms. The molecule has 0 bridgehead atoms. The van der Waals surface area contributed by atoms with Gasteiger partial charge in [0, 0.05) is 24.2 Å². The molecule has 0 unspecified atom stereocenters. The second-order valence-corrected chi connectivity index (χ2v) is 7.67. The van der Waals surface area contributed by atoms with Gasteiger partial charge in [-0.25, -0.2) is 9.78 Å². The lowest BCUT2D eigenvalue weighted by atomic mass is 10.1. The molecule has 1 amide bonds. The number of benzene rings is 2. The van der Waals surface area contributed by atoms with Crippen LogP contribution in [0, 0.1) is 0 Å². The summed E-state index contributed by atoms with van der Waals surface area (Å²) < 4.78 is 11.9. The monoisotopic (exact) mass is 434 g/mol. The Morgan fingerprint density at radius 3 is 2.22 bits per heavy atom.